The molecule has 7 heterocycles. The monoisotopic (exact) mass is 751 g/mol. The minimum atomic E-state index is -0.983. The zero-order chi connectivity index (χ0) is 37.9. The van der Waals surface area contributed by atoms with Gasteiger partial charge in [-0.15, -0.1) is 6.42 Å². The lowest BCUT2D eigenvalue weighted by Crippen LogP contribution is -2.60. The van der Waals surface area contributed by atoms with Crippen molar-refractivity contribution in [1.29, 1.82) is 0 Å². The first kappa shape index (κ1) is 33.9. The van der Waals surface area contributed by atoms with Crippen molar-refractivity contribution in [2.24, 2.45) is 7.05 Å². The average Bonchev–Trinajstić information content (AvgIpc) is 3.87. The number of cyclic esters (lactones) is 1. The molecule has 0 saturated carbocycles. The van der Waals surface area contributed by atoms with Crippen LogP contribution in [0.1, 0.15) is 44.1 Å². The number of amides is 1. The van der Waals surface area contributed by atoms with Crippen LogP contribution in [0.4, 0.5) is 19.0 Å². The number of anilines is 1. The highest BCUT2D eigenvalue weighted by Gasteiger charge is 2.50. The van der Waals surface area contributed by atoms with Gasteiger partial charge in [-0.2, -0.15) is 15.1 Å². The first-order valence-corrected chi connectivity index (χ1v) is 18.6. The van der Waals surface area contributed by atoms with E-state index in [-0.39, 0.29) is 75.9 Å². The van der Waals surface area contributed by atoms with E-state index in [1.165, 1.54) is 28.9 Å². The van der Waals surface area contributed by atoms with Crippen molar-refractivity contribution < 1.29 is 37.3 Å². The van der Waals surface area contributed by atoms with Crippen molar-refractivity contribution >= 4 is 50.3 Å². The number of rotatable bonds is 6. The number of aromatic nitrogens is 4. The van der Waals surface area contributed by atoms with Gasteiger partial charge in [-0.3, -0.25) is 19.2 Å². The molecule has 5 saturated heterocycles. The number of esters is 1. The summed E-state index contributed by atoms with van der Waals surface area (Å²) in [5, 5.41) is 17.0. The number of halogens is 3. The van der Waals surface area contributed by atoms with Crippen LogP contribution in [0, 0.1) is 24.0 Å². The van der Waals surface area contributed by atoms with E-state index >= 15 is 8.78 Å². The van der Waals surface area contributed by atoms with Crippen LogP contribution in [0.5, 0.6) is 11.8 Å². The molecular formula is C40H36F3N7O5. The molecule has 5 aromatic rings. The van der Waals surface area contributed by atoms with Crippen molar-refractivity contribution in [3.8, 4) is 35.2 Å². The topological polar surface area (TPSA) is 126 Å². The SMILES string of the molecule is C#Cc1c(F)ccc2cc(O)cc(-c3c(F)c4nc(OC[C@@]56CCCN5C[C@H](F)C6)nc(N5C[C@H]6CC[C@@H](C5)N6C(=O)[C@H]5CC(=O)O5)c4c4cn(C)nc34)c12. The Hall–Kier alpha value is -5.62. The highest BCUT2D eigenvalue weighted by Crippen LogP contribution is 2.46. The molecule has 282 valence electrons. The van der Waals surface area contributed by atoms with Gasteiger partial charge in [0.25, 0.3) is 5.91 Å². The van der Waals surface area contributed by atoms with Crippen molar-refractivity contribution in [3.63, 3.8) is 0 Å². The van der Waals surface area contributed by atoms with Gasteiger partial charge in [0.05, 0.1) is 22.9 Å². The standard InChI is InChI=1S/C40H36F3N7O5/c1-3-25-28(42)8-5-20-11-24(51)12-26(31(20)25)32-34(43)36-33(27-18-47(2)46-35(27)32)37(45-39(44-36)54-19-40-9-4-10-49(40)15-21(41)14-40)48-16-22-6-7-23(17-48)50(22)38(53)29-13-30(52)55-29/h1,5,8,11-12,18,21-23,29,51H,4,6-7,9-10,13-17,19H2,2H3/t21-,22-,23+,29-,40+/m1/s1. The number of terminal acetylenes is 1. The lowest BCUT2D eigenvalue weighted by Gasteiger charge is -2.43. The molecule has 12 nitrogen and oxygen atoms in total. The van der Waals surface area contributed by atoms with E-state index in [4.69, 9.17) is 25.9 Å². The molecule has 10 rings (SSSR count). The first-order valence-electron chi connectivity index (χ1n) is 18.6. The van der Waals surface area contributed by atoms with E-state index in [9.17, 15) is 19.1 Å². The van der Waals surface area contributed by atoms with Gasteiger partial charge in [0.15, 0.2) is 11.9 Å². The number of benzene rings is 3. The van der Waals surface area contributed by atoms with Gasteiger partial charge in [-0.1, -0.05) is 12.0 Å². The van der Waals surface area contributed by atoms with Crippen LogP contribution in [0.2, 0.25) is 0 Å². The van der Waals surface area contributed by atoms with Crippen LogP contribution in [0.3, 0.4) is 0 Å². The summed E-state index contributed by atoms with van der Waals surface area (Å²) in [6, 6.07) is 4.93. The Kier molecular flexibility index (Phi) is 7.52. The van der Waals surface area contributed by atoms with Gasteiger partial charge in [0.2, 0.25) is 0 Å². The maximum atomic E-state index is 17.7. The molecule has 5 atom stereocenters. The Morgan fingerprint density at radius 1 is 1.13 bits per heavy atom. The molecule has 55 heavy (non-hydrogen) atoms. The Labute approximate surface area is 312 Å². The van der Waals surface area contributed by atoms with E-state index < -0.39 is 35.4 Å². The molecule has 0 unspecified atom stereocenters. The van der Waals surface area contributed by atoms with Gasteiger partial charge < -0.3 is 24.4 Å². The van der Waals surface area contributed by atoms with Crippen LogP contribution in [-0.4, -0.2) is 109 Å². The minimum absolute atomic E-state index is 0.0381. The van der Waals surface area contributed by atoms with Crippen LogP contribution >= 0.6 is 0 Å². The van der Waals surface area contributed by atoms with Gasteiger partial charge in [0.1, 0.15) is 41.2 Å². The molecule has 0 spiro atoms. The summed E-state index contributed by atoms with van der Waals surface area (Å²) in [6.07, 6.45) is 9.25. The quantitative estimate of drug-likeness (QED) is 0.192. The number of ether oxygens (including phenoxy) is 2. The summed E-state index contributed by atoms with van der Waals surface area (Å²) >= 11 is 0. The molecule has 5 aliphatic rings. The number of alkyl halides is 1. The van der Waals surface area contributed by atoms with Crippen LogP contribution in [0.25, 0.3) is 43.7 Å². The number of nitrogens with zero attached hydrogens (tertiary/aromatic N) is 7. The van der Waals surface area contributed by atoms with Crippen LogP contribution in [-0.2, 0) is 21.4 Å². The second kappa shape index (κ2) is 12.2. The third-order valence-corrected chi connectivity index (χ3v) is 12.3. The minimum Gasteiger partial charge on any atom is -0.508 e. The fraction of sp³-hybridized carbons (Fsp3) is 0.425. The molecule has 15 heteroatoms. The number of carbonyl (C=O) groups is 2. The maximum absolute atomic E-state index is 17.7. The third kappa shape index (κ3) is 5.13. The lowest BCUT2D eigenvalue weighted by molar-refractivity contribution is -0.180. The Bertz CT molecular complexity index is 2520. The number of aryl methyl sites for hydroxylation is 1. The number of hydrogen-bond donors (Lipinski definition) is 1. The molecule has 2 aromatic heterocycles. The van der Waals surface area contributed by atoms with Crippen molar-refractivity contribution in [3.05, 3.63) is 47.7 Å². The highest BCUT2D eigenvalue weighted by atomic mass is 19.1. The number of fused-ring (bicyclic) bond motifs is 7. The van der Waals surface area contributed by atoms with Gasteiger partial charge in [0, 0.05) is 67.7 Å². The smallest absolute Gasteiger partial charge is 0.319 e. The predicted molar refractivity (Wildman–Crippen MR) is 195 cm³/mol. The normalized spacial score (nSPS) is 26.1. The molecule has 5 fully saturated rings. The number of phenols is 1. The van der Waals surface area contributed by atoms with Crippen LogP contribution < -0.4 is 9.64 Å². The predicted octanol–water partition coefficient (Wildman–Crippen LogP) is 4.75. The number of carbonyl (C=O) groups excluding carboxylic acids is 2. The molecular weight excluding hydrogens is 715 g/mol. The second-order valence-electron chi connectivity index (χ2n) is 15.5. The largest absolute Gasteiger partial charge is 0.508 e. The van der Waals surface area contributed by atoms with E-state index in [0.29, 0.717) is 48.0 Å². The third-order valence-electron chi connectivity index (χ3n) is 12.3. The molecule has 1 amide bonds. The van der Waals surface area contributed by atoms with Gasteiger partial charge in [-0.25, -0.2) is 13.2 Å². The number of piperazine rings is 1. The Balaban J connectivity index is 1.16. The number of aromatic hydroxyl groups is 1. The summed E-state index contributed by atoms with van der Waals surface area (Å²) in [4.78, 5) is 40.6. The Morgan fingerprint density at radius 2 is 1.91 bits per heavy atom. The first-order chi connectivity index (χ1) is 26.5. The van der Waals surface area contributed by atoms with E-state index in [0.717, 1.165) is 32.2 Å². The molecule has 3 aromatic carbocycles. The van der Waals surface area contributed by atoms with E-state index in [1.807, 2.05) is 9.80 Å². The summed E-state index contributed by atoms with van der Waals surface area (Å²) in [5.41, 5.74) is -0.394. The molecule has 0 aliphatic carbocycles. The van der Waals surface area contributed by atoms with E-state index in [1.54, 1.807) is 13.2 Å². The molecule has 1 N–H and O–H groups in total. The van der Waals surface area contributed by atoms with Crippen molar-refractivity contribution in [1.82, 2.24) is 29.5 Å². The molecule has 2 bridgehead atoms. The summed E-state index contributed by atoms with van der Waals surface area (Å²) in [5.74, 6) is 0.518. The van der Waals surface area contributed by atoms with Crippen molar-refractivity contribution in [2.45, 2.75) is 68.4 Å². The summed E-state index contributed by atoms with van der Waals surface area (Å²) in [6.45, 7) is 1.92. The van der Waals surface area contributed by atoms with Crippen molar-refractivity contribution in [2.75, 3.05) is 37.7 Å². The van der Waals surface area contributed by atoms with Gasteiger partial charge >= 0.3 is 12.0 Å². The fourth-order valence-corrected chi connectivity index (χ4v) is 9.90. The molecule has 0 radical (unpaired) electrons. The number of hydrogen-bond acceptors (Lipinski definition) is 10. The fourth-order valence-electron chi connectivity index (χ4n) is 9.90. The van der Waals surface area contributed by atoms with E-state index in [2.05, 4.69) is 15.9 Å². The molecule has 5 aliphatic heterocycles. The lowest BCUT2D eigenvalue weighted by atomic mass is 9.91. The maximum Gasteiger partial charge on any atom is 0.319 e. The summed E-state index contributed by atoms with van der Waals surface area (Å²) < 4.78 is 60.7. The van der Waals surface area contributed by atoms with Gasteiger partial charge in [-0.05, 0) is 61.4 Å². The average molecular weight is 752 g/mol. The number of phenolic OH excluding ortho intramolecular Hbond substituents is 1. The Morgan fingerprint density at radius 3 is 2.65 bits per heavy atom. The zero-order valence-electron chi connectivity index (χ0n) is 29.9. The second-order valence-corrected chi connectivity index (χ2v) is 15.5. The highest BCUT2D eigenvalue weighted by molar-refractivity contribution is 6.18. The zero-order valence-corrected chi connectivity index (χ0v) is 29.9. The van der Waals surface area contributed by atoms with Crippen LogP contribution in [0.15, 0.2) is 30.5 Å². The summed E-state index contributed by atoms with van der Waals surface area (Å²) in [7, 11) is 1.70.